The van der Waals surface area contributed by atoms with Crippen molar-refractivity contribution in [2.24, 2.45) is 0 Å². The molecule has 1 aliphatic rings. The van der Waals surface area contributed by atoms with E-state index >= 15 is 0 Å². The number of aliphatic hydroxyl groups excluding tert-OH is 1. The van der Waals surface area contributed by atoms with Crippen LogP contribution in [0, 0.1) is 6.92 Å². The normalized spacial score (nSPS) is 15.1. The summed E-state index contributed by atoms with van der Waals surface area (Å²) in [6, 6.07) is 20.5. The molecule has 2 aromatic carbocycles. The van der Waals surface area contributed by atoms with Crippen molar-refractivity contribution in [2.75, 3.05) is 18.4 Å². The molecule has 0 aliphatic carbocycles. The second-order valence-corrected chi connectivity index (χ2v) is 12.0. The molecule has 1 fully saturated rings. The zero-order valence-electron chi connectivity index (χ0n) is 25.0. The van der Waals surface area contributed by atoms with E-state index in [1.165, 1.54) is 0 Å². The number of pyridine rings is 4. The number of nitrogens with zero attached hydrogens (tertiary/aromatic N) is 5. The molecule has 6 aromatic rings. The van der Waals surface area contributed by atoms with E-state index in [9.17, 15) is 5.11 Å². The molecule has 0 saturated carbocycles. The van der Waals surface area contributed by atoms with Crippen molar-refractivity contribution < 1.29 is 5.11 Å². The van der Waals surface area contributed by atoms with Crippen LogP contribution in [0.25, 0.3) is 39.0 Å². The Kier molecular flexibility index (Phi) is 7.98. The zero-order chi connectivity index (χ0) is 30.9. The first-order valence-corrected chi connectivity index (χ1v) is 15.5. The Labute approximate surface area is 267 Å². The molecule has 45 heavy (non-hydrogen) atoms. The minimum absolute atomic E-state index is 0.237. The molecule has 224 valence electrons. The first kappa shape index (κ1) is 29.0. The number of benzene rings is 2. The van der Waals surface area contributed by atoms with Gasteiger partial charge in [-0.25, -0.2) is 4.98 Å². The molecular weight excluding hydrogens is 580 g/mol. The van der Waals surface area contributed by atoms with E-state index in [0.29, 0.717) is 23.8 Å². The van der Waals surface area contributed by atoms with Crippen molar-refractivity contribution in [3.8, 4) is 11.1 Å². The molecule has 7 rings (SSSR count). The minimum Gasteiger partial charge on any atom is -0.392 e. The molecule has 5 heterocycles. The van der Waals surface area contributed by atoms with Gasteiger partial charge in [-0.2, -0.15) is 0 Å². The molecular formula is C37H33ClN6O. The molecule has 0 spiro atoms. The number of hydrogen-bond acceptors (Lipinski definition) is 7. The second kappa shape index (κ2) is 12.4. The molecule has 7 nitrogen and oxygen atoms in total. The highest BCUT2D eigenvalue weighted by Gasteiger charge is 2.20. The van der Waals surface area contributed by atoms with Crippen LogP contribution >= 0.6 is 11.6 Å². The summed E-state index contributed by atoms with van der Waals surface area (Å²) in [6.07, 6.45) is 10.3. The number of β-amino-alcohol motifs (C(OH)–C–C–N with tert-alkyl or cyclic N) is 1. The van der Waals surface area contributed by atoms with Crippen LogP contribution in [0.2, 0.25) is 5.02 Å². The van der Waals surface area contributed by atoms with Crippen LogP contribution in [-0.4, -0.2) is 49.1 Å². The van der Waals surface area contributed by atoms with Crippen LogP contribution in [0.15, 0.2) is 92.0 Å². The Bertz CT molecular complexity index is 2060. The van der Waals surface area contributed by atoms with E-state index in [2.05, 4.69) is 62.9 Å². The van der Waals surface area contributed by atoms with Crippen LogP contribution < -0.4 is 5.32 Å². The van der Waals surface area contributed by atoms with Crippen molar-refractivity contribution in [1.82, 2.24) is 24.8 Å². The largest absolute Gasteiger partial charge is 0.392 e. The number of anilines is 2. The Morgan fingerprint density at radius 2 is 1.73 bits per heavy atom. The Balaban J connectivity index is 1.17. The number of aliphatic hydroxyl groups is 1. The van der Waals surface area contributed by atoms with Crippen LogP contribution in [0.1, 0.15) is 34.4 Å². The number of halogens is 1. The zero-order valence-corrected chi connectivity index (χ0v) is 25.8. The molecule has 4 aromatic heterocycles. The lowest BCUT2D eigenvalue weighted by atomic mass is 9.96. The Morgan fingerprint density at radius 3 is 2.56 bits per heavy atom. The lowest BCUT2D eigenvalue weighted by Crippen LogP contribution is -2.21. The maximum atomic E-state index is 9.89. The summed E-state index contributed by atoms with van der Waals surface area (Å²) >= 11 is 7.12. The Hall–Kier alpha value is -4.69. The molecule has 0 bridgehead atoms. The van der Waals surface area contributed by atoms with E-state index in [1.807, 2.05) is 61.2 Å². The van der Waals surface area contributed by atoms with Crippen LogP contribution in [0.4, 0.5) is 11.5 Å². The fourth-order valence-corrected chi connectivity index (χ4v) is 6.46. The van der Waals surface area contributed by atoms with Gasteiger partial charge in [0.1, 0.15) is 5.52 Å². The molecule has 0 amide bonds. The maximum absolute atomic E-state index is 9.89. The summed E-state index contributed by atoms with van der Waals surface area (Å²) < 4.78 is 0. The van der Waals surface area contributed by atoms with Crippen molar-refractivity contribution in [1.29, 1.82) is 0 Å². The molecule has 2 N–H and O–H groups in total. The summed E-state index contributed by atoms with van der Waals surface area (Å²) in [5, 5.41) is 16.2. The molecule has 1 aliphatic heterocycles. The van der Waals surface area contributed by atoms with E-state index in [-0.39, 0.29) is 6.10 Å². The van der Waals surface area contributed by atoms with Crippen LogP contribution in [0.5, 0.6) is 0 Å². The summed E-state index contributed by atoms with van der Waals surface area (Å²) in [5.41, 5.74) is 9.62. The lowest BCUT2D eigenvalue weighted by molar-refractivity contribution is 0.175. The van der Waals surface area contributed by atoms with Gasteiger partial charge in [0.25, 0.3) is 0 Å². The first-order valence-electron chi connectivity index (χ1n) is 15.1. The van der Waals surface area contributed by atoms with Gasteiger partial charge >= 0.3 is 0 Å². The average molecular weight is 613 g/mol. The summed E-state index contributed by atoms with van der Waals surface area (Å²) in [5.74, 6) is 0.699. The number of fused-ring (bicyclic) bond motifs is 2. The third-order valence-electron chi connectivity index (χ3n) is 8.55. The standard InChI is InChI=1S/C37H33ClN6O/c1-3-24-16-27-10-13-39-33(35(27)41-19-24)18-26-6-4-8-31(34(26)38)30-7-5-9-32(23(30)2)43-37-36-28(11-14-40-37)17-25(20-42-36)21-44-15-12-29(45)22-44/h3-11,13-14,16-17,19-20,29,45H,1,12,15,18,21-22H2,2H3,(H,40,43)/t29-/m1/s1. The lowest BCUT2D eigenvalue weighted by Gasteiger charge is -2.17. The van der Waals surface area contributed by atoms with Gasteiger partial charge in [-0.1, -0.05) is 54.6 Å². The molecule has 0 unspecified atom stereocenters. The number of hydrogen-bond donors (Lipinski definition) is 2. The second-order valence-electron chi connectivity index (χ2n) is 11.6. The van der Waals surface area contributed by atoms with Crippen molar-refractivity contribution in [3.05, 3.63) is 125 Å². The minimum atomic E-state index is -0.237. The van der Waals surface area contributed by atoms with E-state index < -0.39 is 0 Å². The topological polar surface area (TPSA) is 87.1 Å². The summed E-state index contributed by atoms with van der Waals surface area (Å²) in [6.45, 7) is 8.33. The van der Waals surface area contributed by atoms with Gasteiger partial charge < -0.3 is 10.4 Å². The highest BCUT2D eigenvalue weighted by molar-refractivity contribution is 6.34. The monoisotopic (exact) mass is 612 g/mol. The quantitative estimate of drug-likeness (QED) is 0.182. The van der Waals surface area contributed by atoms with E-state index in [4.69, 9.17) is 16.6 Å². The Morgan fingerprint density at radius 1 is 0.956 bits per heavy atom. The SMILES string of the molecule is C=Cc1cnc2c(Cc3cccc(-c4cccc(Nc5nccc6cc(CN7CC[C@@H](O)C7)cnc56)c4C)c3Cl)nccc2c1. The molecule has 0 radical (unpaired) electrons. The van der Waals surface area contributed by atoms with Gasteiger partial charge in [-0.3, -0.25) is 19.9 Å². The van der Waals surface area contributed by atoms with E-state index in [0.717, 1.165) is 86.1 Å². The molecule has 1 atom stereocenters. The van der Waals surface area contributed by atoms with Crippen molar-refractivity contribution in [3.63, 3.8) is 0 Å². The number of nitrogens with one attached hydrogen (secondary N) is 1. The van der Waals surface area contributed by atoms with Gasteiger partial charge in [0.2, 0.25) is 0 Å². The first-order chi connectivity index (χ1) is 22.0. The van der Waals surface area contributed by atoms with Gasteiger partial charge in [-0.05, 0) is 71.5 Å². The summed E-state index contributed by atoms with van der Waals surface area (Å²) in [4.78, 5) is 21.0. The highest BCUT2D eigenvalue weighted by atomic mass is 35.5. The average Bonchev–Trinajstić information content (AvgIpc) is 3.47. The van der Waals surface area contributed by atoms with Crippen LogP contribution in [0.3, 0.4) is 0 Å². The predicted molar refractivity (Wildman–Crippen MR) is 183 cm³/mol. The number of rotatable bonds is 8. The van der Waals surface area contributed by atoms with Crippen molar-refractivity contribution >= 4 is 51.0 Å². The summed E-state index contributed by atoms with van der Waals surface area (Å²) in [7, 11) is 0. The third-order valence-corrected chi connectivity index (χ3v) is 9.00. The van der Waals surface area contributed by atoms with Crippen LogP contribution in [-0.2, 0) is 13.0 Å². The maximum Gasteiger partial charge on any atom is 0.156 e. The number of aromatic nitrogens is 4. The fourth-order valence-electron chi connectivity index (χ4n) is 6.17. The fraction of sp³-hybridized carbons (Fsp3) is 0.189. The van der Waals surface area contributed by atoms with Crippen molar-refractivity contribution in [2.45, 2.75) is 32.4 Å². The smallest absolute Gasteiger partial charge is 0.156 e. The third kappa shape index (κ3) is 5.90. The van der Waals surface area contributed by atoms with Gasteiger partial charge in [-0.15, -0.1) is 0 Å². The van der Waals surface area contributed by atoms with E-state index in [1.54, 1.807) is 6.08 Å². The van der Waals surface area contributed by atoms with Gasteiger partial charge in [0.05, 0.1) is 22.3 Å². The highest BCUT2D eigenvalue weighted by Crippen LogP contribution is 2.37. The van der Waals surface area contributed by atoms with Gasteiger partial charge in [0.15, 0.2) is 5.82 Å². The number of likely N-dealkylation sites (tertiary alicyclic amines) is 1. The predicted octanol–water partition coefficient (Wildman–Crippen LogP) is 7.75. The molecule has 8 heteroatoms. The molecule has 1 saturated heterocycles. The van der Waals surface area contributed by atoms with Gasteiger partial charge in [0, 0.05) is 72.9 Å².